The first kappa shape index (κ1) is 25.1. The Morgan fingerprint density at radius 2 is 1.73 bits per heavy atom. The Hall–Kier alpha value is -2.51. The Kier molecular flexibility index (Phi) is 8.43. The minimum atomic E-state index is -0.0557. The summed E-state index contributed by atoms with van der Waals surface area (Å²) >= 11 is 6.59. The van der Waals surface area contributed by atoms with Crippen LogP contribution < -0.4 is 14.2 Å². The van der Waals surface area contributed by atoms with E-state index in [1.807, 2.05) is 43.3 Å². The number of amides is 1. The van der Waals surface area contributed by atoms with E-state index in [9.17, 15) is 4.79 Å². The molecule has 0 N–H and O–H groups in total. The third-order valence-corrected chi connectivity index (χ3v) is 6.59. The molecule has 0 spiro atoms. The van der Waals surface area contributed by atoms with Gasteiger partial charge in [-0.1, -0.05) is 63.0 Å². The second-order valence-corrected chi connectivity index (χ2v) is 10.3. The third kappa shape index (κ3) is 6.51. The number of thiocarbonyl (C=S) groups is 1. The molecule has 1 fully saturated rings. The summed E-state index contributed by atoms with van der Waals surface area (Å²) in [6, 6.07) is 13.9. The molecule has 0 saturated carbocycles. The number of rotatable bonds is 9. The van der Waals surface area contributed by atoms with Crippen LogP contribution in [-0.2, 0) is 10.2 Å². The summed E-state index contributed by atoms with van der Waals surface area (Å²) < 4.78 is 17.8. The van der Waals surface area contributed by atoms with Crippen LogP contribution in [-0.4, -0.2) is 42.0 Å². The lowest BCUT2D eigenvalue weighted by Gasteiger charge is -2.19. The van der Waals surface area contributed by atoms with E-state index in [0.717, 1.165) is 17.7 Å². The summed E-state index contributed by atoms with van der Waals surface area (Å²) in [4.78, 5) is 14.6. The standard InChI is InChI=1S/C26H31NO4S2/c1-6-27-24(28)23(33-25(27)32)17-18-8-13-21(22(16-18)29-5)31-15-7-14-30-20-11-9-19(10-12-20)26(2,3)4/h8-13,16-17H,6-7,14-15H2,1-5H3. The predicted molar refractivity (Wildman–Crippen MR) is 139 cm³/mol. The molecule has 5 nitrogen and oxygen atoms in total. The van der Waals surface area contributed by atoms with Gasteiger partial charge in [0.2, 0.25) is 0 Å². The molecule has 1 aliphatic rings. The van der Waals surface area contributed by atoms with Crippen LogP contribution in [0.5, 0.6) is 17.2 Å². The zero-order valence-electron chi connectivity index (χ0n) is 19.8. The van der Waals surface area contributed by atoms with E-state index in [4.69, 9.17) is 26.4 Å². The summed E-state index contributed by atoms with van der Waals surface area (Å²) in [6.07, 6.45) is 2.57. The maximum atomic E-state index is 12.4. The first-order valence-electron chi connectivity index (χ1n) is 11.0. The average molecular weight is 486 g/mol. The zero-order valence-corrected chi connectivity index (χ0v) is 21.5. The largest absolute Gasteiger partial charge is 0.493 e. The highest BCUT2D eigenvalue weighted by molar-refractivity contribution is 8.26. The van der Waals surface area contributed by atoms with Gasteiger partial charge in [0.1, 0.15) is 10.1 Å². The Balaban J connectivity index is 1.52. The van der Waals surface area contributed by atoms with Crippen molar-refractivity contribution in [2.24, 2.45) is 0 Å². The highest BCUT2D eigenvalue weighted by atomic mass is 32.2. The molecular weight excluding hydrogens is 454 g/mol. The summed E-state index contributed by atoms with van der Waals surface area (Å²) in [6.45, 7) is 10.1. The van der Waals surface area contributed by atoms with Crippen molar-refractivity contribution in [1.82, 2.24) is 4.90 Å². The number of nitrogens with zero attached hydrogens (tertiary/aromatic N) is 1. The Morgan fingerprint density at radius 3 is 2.33 bits per heavy atom. The highest BCUT2D eigenvalue weighted by Gasteiger charge is 2.30. The first-order valence-corrected chi connectivity index (χ1v) is 12.2. The van der Waals surface area contributed by atoms with Gasteiger partial charge < -0.3 is 14.2 Å². The van der Waals surface area contributed by atoms with Gasteiger partial charge in [0.05, 0.1) is 25.2 Å². The van der Waals surface area contributed by atoms with Gasteiger partial charge in [-0.3, -0.25) is 9.69 Å². The van der Waals surface area contributed by atoms with Crippen LogP contribution in [0.1, 0.15) is 45.2 Å². The molecule has 1 heterocycles. The van der Waals surface area contributed by atoms with Gasteiger partial charge in [0, 0.05) is 13.0 Å². The fraction of sp³-hybridized carbons (Fsp3) is 0.385. The number of likely N-dealkylation sites (N-methyl/N-ethyl adjacent to an activating group) is 1. The number of benzene rings is 2. The zero-order chi connectivity index (χ0) is 24.0. The number of thioether (sulfide) groups is 1. The molecule has 0 unspecified atom stereocenters. The maximum absolute atomic E-state index is 12.4. The van der Waals surface area contributed by atoms with E-state index in [0.29, 0.717) is 40.5 Å². The number of carbonyl (C=O) groups is 1. The molecule has 33 heavy (non-hydrogen) atoms. The van der Waals surface area contributed by atoms with Crippen LogP contribution in [0.4, 0.5) is 0 Å². The molecule has 0 aromatic heterocycles. The SMILES string of the molecule is CCN1C(=O)C(=Cc2ccc(OCCCOc3ccc(C(C)(C)C)cc3)c(OC)c2)SC1=S. The Morgan fingerprint density at radius 1 is 1.03 bits per heavy atom. The van der Waals surface area contributed by atoms with E-state index in [2.05, 4.69) is 32.9 Å². The fourth-order valence-corrected chi connectivity index (χ4v) is 4.68. The van der Waals surface area contributed by atoms with Crippen LogP contribution in [0, 0.1) is 0 Å². The normalized spacial score (nSPS) is 15.3. The van der Waals surface area contributed by atoms with Crippen LogP contribution in [0.25, 0.3) is 6.08 Å². The minimum absolute atomic E-state index is 0.0557. The van der Waals surface area contributed by atoms with Crippen molar-refractivity contribution in [1.29, 1.82) is 0 Å². The highest BCUT2D eigenvalue weighted by Crippen LogP contribution is 2.34. The molecular formula is C26H31NO4S2. The molecule has 2 aromatic carbocycles. The number of hydrogen-bond donors (Lipinski definition) is 0. The monoisotopic (exact) mass is 485 g/mol. The maximum Gasteiger partial charge on any atom is 0.266 e. The lowest BCUT2D eigenvalue weighted by atomic mass is 9.87. The van der Waals surface area contributed by atoms with Gasteiger partial charge in [0.25, 0.3) is 5.91 Å². The Bertz CT molecular complexity index is 1030. The molecule has 0 atom stereocenters. The third-order valence-electron chi connectivity index (χ3n) is 5.21. The molecule has 1 aliphatic heterocycles. The molecule has 7 heteroatoms. The summed E-state index contributed by atoms with van der Waals surface area (Å²) in [5.74, 6) is 2.08. The molecule has 1 saturated heterocycles. The van der Waals surface area contributed by atoms with Crippen LogP contribution in [0.15, 0.2) is 47.4 Å². The number of methoxy groups -OCH3 is 1. The van der Waals surface area contributed by atoms with E-state index in [1.165, 1.54) is 17.3 Å². The number of hydrogen-bond acceptors (Lipinski definition) is 6. The predicted octanol–water partition coefficient (Wildman–Crippen LogP) is 6.06. The molecule has 3 rings (SSSR count). The molecule has 0 bridgehead atoms. The lowest BCUT2D eigenvalue weighted by Crippen LogP contribution is -2.27. The minimum Gasteiger partial charge on any atom is -0.493 e. The van der Waals surface area contributed by atoms with Gasteiger partial charge in [-0.05, 0) is 53.8 Å². The quantitative estimate of drug-likeness (QED) is 0.244. The molecule has 176 valence electrons. The van der Waals surface area contributed by atoms with Crippen molar-refractivity contribution < 1.29 is 19.0 Å². The lowest BCUT2D eigenvalue weighted by molar-refractivity contribution is -0.121. The van der Waals surface area contributed by atoms with Crippen molar-refractivity contribution >= 4 is 40.3 Å². The second-order valence-electron chi connectivity index (χ2n) is 8.66. The van der Waals surface area contributed by atoms with E-state index < -0.39 is 0 Å². The van der Waals surface area contributed by atoms with Crippen molar-refractivity contribution in [2.75, 3.05) is 26.9 Å². The molecule has 0 aliphatic carbocycles. The molecule has 2 aromatic rings. The van der Waals surface area contributed by atoms with Crippen LogP contribution in [0.2, 0.25) is 0 Å². The van der Waals surface area contributed by atoms with Crippen molar-refractivity contribution in [3.8, 4) is 17.2 Å². The van der Waals surface area contributed by atoms with Gasteiger partial charge >= 0.3 is 0 Å². The second kappa shape index (κ2) is 11.1. The molecule has 0 radical (unpaired) electrons. The topological polar surface area (TPSA) is 48.0 Å². The van der Waals surface area contributed by atoms with Gasteiger partial charge in [-0.15, -0.1) is 0 Å². The summed E-state index contributed by atoms with van der Waals surface area (Å²) in [7, 11) is 1.60. The fourth-order valence-electron chi connectivity index (χ4n) is 3.30. The molecule has 1 amide bonds. The van der Waals surface area contributed by atoms with Gasteiger partial charge in [-0.25, -0.2) is 0 Å². The van der Waals surface area contributed by atoms with Crippen LogP contribution >= 0.6 is 24.0 Å². The van der Waals surface area contributed by atoms with E-state index in [-0.39, 0.29) is 11.3 Å². The summed E-state index contributed by atoms with van der Waals surface area (Å²) in [5, 5.41) is 0. The average Bonchev–Trinajstić information content (AvgIpc) is 3.05. The number of ether oxygens (including phenoxy) is 3. The number of carbonyl (C=O) groups excluding carboxylic acids is 1. The van der Waals surface area contributed by atoms with Gasteiger partial charge in [-0.2, -0.15) is 0 Å². The Labute approximate surface area is 206 Å². The van der Waals surface area contributed by atoms with Crippen LogP contribution in [0.3, 0.4) is 0 Å². The van der Waals surface area contributed by atoms with E-state index in [1.54, 1.807) is 12.0 Å². The van der Waals surface area contributed by atoms with E-state index >= 15 is 0 Å². The van der Waals surface area contributed by atoms with Crippen molar-refractivity contribution in [3.05, 3.63) is 58.5 Å². The first-order chi connectivity index (χ1) is 15.7. The summed E-state index contributed by atoms with van der Waals surface area (Å²) in [5.41, 5.74) is 2.27. The van der Waals surface area contributed by atoms with Crippen molar-refractivity contribution in [3.63, 3.8) is 0 Å². The van der Waals surface area contributed by atoms with Gasteiger partial charge in [0.15, 0.2) is 11.5 Å². The smallest absolute Gasteiger partial charge is 0.266 e. The van der Waals surface area contributed by atoms with Crippen molar-refractivity contribution in [2.45, 2.75) is 39.5 Å².